The predicted molar refractivity (Wildman–Crippen MR) is 102 cm³/mol. The molecular formula is C21H22ClF2NO3. The number of hydrogen-bond acceptors (Lipinski definition) is 3. The van der Waals surface area contributed by atoms with Crippen molar-refractivity contribution in [3.63, 3.8) is 0 Å². The van der Waals surface area contributed by atoms with Gasteiger partial charge in [0.15, 0.2) is 0 Å². The maximum Gasteiger partial charge on any atom is 0.222 e. The first kappa shape index (κ1) is 20.7. The number of rotatable bonds is 5. The Hall–Kier alpha value is -2.02. The Bertz CT molecular complexity index is 846. The number of carbonyl (C=O) groups is 1. The summed E-state index contributed by atoms with van der Waals surface area (Å²) in [6.45, 7) is 1.58. The number of amides is 1. The molecule has 1 aliphatic heterocycles. The van der Waals surface area contributed by atoms with Gasteiger partial charge in [-0.15, -0.1) is 0 Å². The summed E-state index contributed by atoms with van der Waals surface area (Å²) in [4.78, 5) is 12.1. The average molecular weight is 410 g/mol. The summed E-state index contributed by atoms with van der Waals surface area (Å²) in [5.41, 5.74) is 0.216. The summed E-state index contributed by atoms with van der Waals surface area (Å²) in [5, 5.41) is 12.5. The lowest BCUT2D eigenvalue weighted by atomic mass is 9.81. The van der Waals surface area contributed by atoms with Crippen molar-refractivity contribution in [2.75, 3.05) is 6.61 Å². The molecule has 0 spiro atoms. The molecule has 1 aliphatic rings. The maximum atomic E-state index is 14.4. The van der Waals surface area contributed by atoms with Crippen molar-refractivity contribution in [1.82, 2.24) is 5.32 Å². The van der Waals surface area contributed by atoms with Gasteiger partial charge in [-0.1, -0.05) is 23.7 Å². The molecule has 2 aromatic carbocycles. The predicted octanol–water partition coefficient (Wildman–Crippen LogP) is 4.47. The number of halogens is 3. The van der Waals surface area contributed by atoms with E-state index in [9.17, 15) is 13.6 Å². The molecule has 1 saturated heterocycles. The lowest BCUT2D eigenvalue weighted by molar-refractivity contribution is -0.129. The molecular weight excluding hydrogens is 388 g/mol. The Labute approximate surface area is 167 Å². The molecule has 0 aromatic heterocycles. The zero-order valence-corrected chi connectivity index (χ0v) is 16.2. The molecule has 0 radical (unpaired) electrons. The second-order valence-electron chi connectivity index (χ2n) is 7.32. The topological polar surface area (TPSA) is 58.6 Å². The zero-order chi connectivity index (χ0) is 20.3. The molecule has 150 valence electrons. The molecule has 0 aliphatic carbocycles. The largest absolute Gasteiger partial charge is 0.396 e. The molecule has 3 atom stereocenters. The van der Waals surface area contributed by atoms with Gasteiger partial charge in [0.2, 0.25) is 5.91 Å². The monoisotopic (exact) mass is 409 g/mol. The number of carbonyl (C=O) groups excluding carboxylic acids is 1. The van der Waals surface area contributed by atoms with E-state index in [-0.39, 0.29) is 30.9 Å². The molecule has 0 saturated carbocycles. The lowest BCUT2D eigenvalue weighted by Crippen LogP contribution is -2.51. The van der Waals surface area contributed by atoms with Crippen LogP contribution in [-0.2, 0) is 9.53 Å². The molecule has 28 heavy (non-hydrogen) atoms. The fraction of sp³-hybridized carbons (Fsp3) is 0.381. The molecule has 3 rings (SSSR count). The van der Waals surface area contributed by atoms with Crippen molar-refractivity contribution in [3.05, 3.63) is 70.2 Å². The van der Waals surface area contributed by atoms with Crippen LogP contribution in [0, 0.1) is 11.6 Å². The molecule has 4 nitrogen and oxygen atoms in total. The minimum Gasteiger partial charge on any atom is -0.396 e. The smallest absolute Gasteiger partial charge is 0.222 e. The fourth-order valence-electron chi connectivity index (χ4n) is 3.62. The van der Waals surface area contributed by atoms with Crippen LogP contribution in [0.3, 0.4) is 0 Å². The van der Waals surface area contributed by atoms with Crippen molar-refractivity contribution in [1.29, 1.82) is 0 Å². The normalized spacial score (nSPS) is 24.8. The van der Waals surface area contributed by atoms with E-state index in [2.05, 4.69) is 5.32 Å². The Morgan fingerprint density at radius 1 is 1.21 bits per heavy atom. The van der Waals surface area contributed by atoms with Crippen molar-refractivity contribution in [3.8, 4) is 0 Å². The van der Waals surface area contributed by atoms with Crippen molar-refractivity contribution in [2.45, 2.75) is 43.9 Å². The van der Waals surface area contributed by atoms with Gasteiger partial charge in [-0.05, 0) is 42.8 Å². The highest BCUT2D eigenvalue weighted by molar-refractivity contribution is 6.30. The maximum absolute atomic E-state index is 14.4. The second-order valence-corrected chi connectivity index (χ2v) is 7.76. The Kier molecular flexibility index (Phi) is 6.33. The van der Waals surface area contributed by atoms with E-state index in [1.165, 1.54) is 0 Å². The molecule has 1 heterocycles. The summed E-state index contributed by atoms with van der Waals surface area (Å²) in [6.07, 6.45) is -0.503. The van der Waals surface area contributed by atoms with E-state index in [0.717, 1.165) is 23.8 Å². The SMILES string of the molecule is C[C@]1(NC(=O)CCO)C[C@@H](c2ccc(Cl)cc2)O[C@@H](c2cc(F)ccc2F)C1. The van der Waals surface area contributed by atoms with E-state index in [0.29, 0.717) is 11.4 Å². The third kappa shape index (κ3) is 4.87. The van der Waals surface area contributed by atoms with Crippen molar-refractivity contribution in [2.24, 2.45) is 0 Å². The van der Waals surface area contributed by atoms with E-state index in [1.807, 2.05) is 19.1 Å². The Morgan fingerprint density at radius 3 is 2.57 bits per heavy atom. The van der Waals surface area contributed by atoms with Crippen LogP contribution in [0.1, 0.15) is 49.5 Å². The molecule has 1 fully saturated rings. The Balaban J connectivity index is 1.94. The summed E-state index contributed by atoms with van der Waals surface area (Å²) < 4.78 is 34.2. The number of ether oxygens (including phenoxy) is 1. The van der Waals surface area contributed by atoms with Crippen LogP contribution in [0.15, 0.2) is 42.5 Å². The third-order valence-corrected chi connectivity index (χ3v) is 5.18. The number of hydrogen-bond donors (Lipinski definition) is 2. The number of benzene rings is 2. The van der Waals surface area contributed by atoms with Gasteiger partial charge in [-0.3, -0.25) is 4.79 Å². The molecule has 1 amide bonds. The number of aliphatic hydroxyl groups excluding tert-OH is 1. The lowest BCUT2D eigenvalue weighted by Gasteiger charge is -2.43. The van der Waals surface area contributed by atoms with Crippen LogP contribution in [0.25, 0.3) is 0 Å². The van der Waals surface area contributed by atoms with Gasteiger partial charge < -0.3 is 15.2 Å². The van der Waals surface area contributed by atoms with Crippen LogP contribution < -0.4 is 5.32 Å². The van der Waals surface area contributed by atoms with Crippen LogP contribution in [-0.4, -0.2) is 23.2 Å². The van der Waals surface area contributed by atoms with Crippen LogP contribution >= 0.6 is 11.6 Å². The quantitative estimate of drug-likeness (QED) is 0.766. The van der Waals surface area contributed by atoms with Crippen LogP contribution in [0.4, 0.5) is 8.78 Å². The highest BCUT2D eigenvalue weighted by atomic mass is 35.5. The summed E-state index contributed by atoms with van der Waals surface area (Å²) in [7, 11) is 0. The Morgan fingerprint density at radius 2 is 1.89 bits per heavy atom. The van der Waals surface area contributed by atoms with Crippen LogP contribution in [0.5, 0.6) is 0 Å². The minimum atomic E-state index is -0.746. The molecule has 2 aromatic rings. The van der Waals surface area contributed by atoms with Gasteiger partial charge in [-0.2, -0.15) is 0 Å². The van der Waals surface area contributed by atoms with Crippen molar-refractivity contribution >= 4 is 17.5 Å². The van der Waals surface area contributed by atoms with Crippen molar-refractivity contribution < 1.29 is 23.4 Å². The van der Waals surface area contributed by atoms with Gasteiger partial charge in [-0.25, -0.2) is 8.78 Å². The first-order chi connectivity index (χ1) is 13.3. The van der Waals surface area contributed by atoms with Gasteiger partial charge in [0.05, 0.1) is 18.8 Å². The highest BCUT2D eigenvalue weighted by Gasteiger charge is 2.41. The molecule has 7 heteroatoms. The first-order valence-corrected chi connectivity index (χ1v) is 9.45. The fourth-order valence-corrected chi connectivity index (χ4v) is 3.74. The number of aliphatic hydroxyl groups is 1. The number of nitrogens with one attached hydrogen (secondary N) is 1. The van der Waals surface area contributed by atoms with E-state index >= 15 is 0 Å². The molecule has 0 bridgehead atoms. The summed E-state index contributed by atoms with van der Waals surface area (Å²) in [5.74, 6) is -1.42. The van der Waals surface area contributed by atoms with E-state index < -0.39 is 29.4 Å². The zero-order valence-electron chi connectivity index (χ0n) is 15.4. The standard InChI is InChI=1S/C21H22ClF2NO3/c1-21(25-20(27)8-9-26)11-18(13-2-4-14(22)5-3-13)28-19(12-21)16-10-15(23)6-7-17(16)24/h2-7,10,18-19,26H,8-9,11-12H2,1H3,(H,25,27)/t18-,19+,21-/m0/s1. The first-order valence-electron chi connectivity index (χ1n) is 9.07. The van der Waals surface area contributed by atoms with Gasteiger partial charge in [0, 0.05) is 35.4 Å². The van der Waals surface area contributed by atoms with E-state index in [4.69, 9.17) is 21.4 Å². The summed E-state index contributed by atoms with van der Waals surface area (Å²) >= 11 is 5.96. The minimum absolute atomic E-state index is 0.0267. The van der Waals surface area contributed by atoms with Gasteiger partial charge >= 0.3 is 0 Å². The van der Waals surface area contributed by atoms with Gasteiger partial charge in [0.1, 0.15) is 11.6 Å². The highest BCUT2D eigenvalue weighted by Crippen LogP contribution is 2.44. The molecule has 0 unspecified atom stereocenters. The average Bonchev–Trinajstić information content (AvgIpc) is 2.63. The molecule has 2 N–H and O–H groups in total. The van der Waals surface area contributed by atoms with E-state index in [1.54, 1.807) is 12.1 Å². The third-order valence-electron chi connectivity index (χ3n) is 4.93. The van der Waals surface area contributed by atoms with Crippen LogP contribution in [0.2, 0.25) is 5.02 Å². The second kappa shape index (κ2) is 8.55. The summed E-state index contributed by atoms with van der Waals surface area (Å²) in [6, 6.07) is 10.3. The van der Waals surface area contributed by atoms with Gasteiger partial charge in [0.25, 0.3) is 0 Å².